The molecule has 1 aromatic heterocycles. The maximum atomic E-state index is 5.38. The highest BCUT2D eigenvalue weighted by Crippen LogP contribution is 2.24. The first-order chi connectivity index (χ1) is 8.86. The fraction of sp³-hybridized carbons (Fsp3) is 0.667. The average molecular weight is 248 g/mol. The number of nitrogens with one attached hydrogen (secondary N) is 1. The predicted molar refractivity (Wildman–Crippen MR) is 71.3 cm³/mol. The number of hydrogen-bond donors (Lipinski definition) is 2. The van der Waals surface area contributed by atoms with Crippen molar-refractivity contribution in [1.29, 1.82) is 0 Å². The second-order valence-corrected chi connectivity index (χ2v) is 5.04. The fourth-order valence-electron chi connectivity index (χ4n) is 2.95. The zero-order valence-corrected chi connectivity index (χ0v) is 10.5. The Balaban J connectivity index is 1.67. The Morgan fingerprint density at radius 1 is 1.22 bits per heavy atom. The van der Waals surface area contributed by atoms with Crippen LogP contribution in [-0.2, 0) is 0 Å². The van der Waals surface area contributed by atoms with E-state index in [4.69, 9.17) is 5.84 Å². The van der Waals surface area contributed by atoms with Crippen molar-refractivity contribution < 1.29 is 0 Å². The van der Waals surface area contributed by atoms with E-state index in [-0.39, 0.29) is 0 Å². The summed E-state index contributed by atoms with van der Waals surface area (Å²) in [6.07, 6.45) is 5.50. The maximum Gasteiger partial charge on any atom is 0.145 e. The van der Waals surface area contributed by atoms with E-state index < -0.39 is 0 Å². The van der Waals surface area contributed by atoms with Crippen LogP contribution in [0.5, 0.6) is 0 Å². The molecule has 2 aliphatic heterocycles. The summed E-state index contributed by atoms with van der Waals surface area (Å²) in [5.74, 6) is 7.02. The number of rotatable bonds is 3. The van der Waals surface area contributed by atoms with Crippen LogP contribution in [0.2, 0.25) is 0 Å². The van der Waals surface area contributed by atoms with E-state index in [1.165, 1.54) is 32.4 Å². The van der Waals surface area contributed by atoms with E-state index >= 15 is 0 Å². The zero-order chi connectivity index (χ0) is 12.4. The van der Waals surface area contributed by atoms with Crippen molar-refractivity contribution in [2.75, 3.05) is 36.5 Å². The second kappa shape index (κ2) is 5.07. The topological polar surface area (TPSA) is 70.3 Å². The van der Waals surface area contributed by atoms with E-state index in [0.717, 1.165) is 18.9 Å². The Labute approximate surface area is 107 Å². The van der Waals surface area contributed by atoms with Gasteiger partial charge in [-0.15, -0.1) is 0 Å². The fourth-order valence-corrected chi connectivity index (χ4v) is 2.95. The largest absolute Gasteiger partial charge is 0.355 e. The van der Waals surface area contributed by atoms with Gasteiger partial charge in [0.2, 0.25) is 0 Å². The summed E-state index contributed by atoms with van der Waals surface area (Å²) in [4.78, 5) is 13.3. The first-order valence-corrected chi connectivity index (χ1v) is 6.64. The number of nitrogens with two attached hydrogens (primary N) is 1. The summed E-state index contributed by atoms with van der Waals surface area (Å²) in [5.41, 5.74) is 2.57. The lowest BCUT2D eigenvalue weighted by molar-refractivity contribution is 0.260. The molecule has 0 bridgehead atoms. The molecule has 0 spiro atoms. The molecule has 0 amide bonds. The lowest BCUT2D eigenvalue weighted by Crippen LogP contribution is -2.35. The molecule has 0 radical (unpaired) electrons. The summed E-state index contributed by atoms with van der Waals surface area (Å²) in [6, 6.07) is 2.60. The third kappa shape index (κ3) is 2.26. The van der Waals surface area contributed by atoms with Gasteiger partial charge < -0.3 is 10.3 Å². The quantitative estimate of drug-likeness (QED) is 0.597. The molecule has 6 heteroatoms. The molecule has 3 N–H and O–H groups in total. The Kier molecular flexibility index (Phi) is 3.29. The van der Waals surface area contributed by atoms with Crippen molar-refractivity contribution in [3.8, 4) is 0 Å². The predicted octanol–water partition coefficient (Wildman–Crippen LogP) is 0.437. The van der Waals surface area contributed by atoms with Crippen LogP contribution in [0.4, 0.5) is 11.6 Å². The minimum Gasteiger partial charge on any atom is -0.355 e. The van der Waals surface area contributed by atoms with Gasteiger partial charge in [-0.05, 0) is 32.4 Å². The molecule has 6 nitrogen and oxygen atoms in total. The van der Waals surface area contributed by atoms with Gasteiger partial charge in [-0.25, -0.2) is 15.8 Å². The molecule has 3 rings (SSSR count). The van der Waals surface area contributed by atoms with Gasteiger partial charge in [-0.3, -0.25) is 4.90 Å². The number of nitrogen functional groups attached to an aromatic ring is 1. The van der Waals surface area contributed by atoms with E-state index in [0.29, 0.717) is 11.9 Å². The molecule has 0 saturated carbocycles. The van der Waals surface area contributed by atoms with Gasteiger partial charge in [0, 0.05) is 25.2 Å². The summed E-state index contributed by atoms with van der Waals surface area (Å²) in [7, 11) is 0. The SMILES string of the molecule is NNc1cc(N2CCC(N3CCCC3)C2)ncn1. The van der Waals surface area contributed by atoms with Crippen LogP contribution in [-0.4, -0.2) is 47.1 Å². The van der Waals surface area contributed by atoms with Crippen molar-refractivity contribution in [3.05, 3.63) is 12.4 Å². The molecule has 2 aliphatic rings. The number of aromatic nitrogens is 2. The van der Waals surface area contributed by atoms with Gasteiger partial charge in [0.1, 0.15) is 18.0 Å². The van der Waals surface area contributed by atoms with E-state index in [1.54, 1.807) is 6.33 Å². The highest BCUT2D eigenvalue weighted by Gasteiger charge is 2.29. The van der Waals surface area contributed by atoms with E-state index in [9.17, 15) is 0 Å². The number of hydrazine groups is 1. The number of hydrogen-bond acceptors (Lipinski definition) is 6. The molecule has 2 fully saturated rings. The molecule has 1 atom stereocenters. The molecule has 0 aliphatic carbocycles. The van der Waals surface area contributed by atoms with Crippen molar-refractivity contribution in [2.24, 2.45) is 5.84 Å². The third-order valence-corrected chi connectivity index (χ3v) is 3.94. The lowest BCUT2D eigenvalue weighted by Gasteiger charge is -2.24. The van der Waals surface area contributed by atoms with Crippen LogP contribution in [0.15, 0.2) is 12.4 Å². The Hall–Kier alpha value is -1.40. The standard InChI is InChI=1S/C12H20N6/c13-16-11-7-12(15-9-14-11)18-6-3-10(8-18)17-4-1-2-5-17/h7,9-10H,1-6,8,13H2,(H,14,15,16). The summed E-state index contributed by atoms with van der Waals surface area (Å²) in [5, 5.41) is 0. The van der Waals surface area contributed by atoms with Gasteiger partial charge in [-0.1, -0.05) is 0 Å². The third-order valence-electron chi connectivity index (χ3n) is 3.94. The zero-order valence-electron chi connectivity index (χ0n) is 10.5. The van der Waals surface area contributed by atoms with Crippen molar-refractivity contribution in [1.82, 2.24) is 14.9 Å². The van der Waals surface area contributed by atoms with Gasteiger partial charge in [0.05, 0.1) is 0 Å². The molecular weight excluding hydrogens is 228 g/mol. The first kappa shape index (κ1) is 11.7. The molecule has 3 heterocycles. The molecule has 1 aromatic rings. The van der Waals surface area contributed by atoms with Crippen LogP contribution < -0.4 is 16.2 Å². The van der Waals surface area contributed by atoms with Crippen LogP contribution in [0.25, 0.3) is 0 Å². The summed E-state index contributed by atoms with van der Waals surface area (Å²) < 4.78 is 0. The van der Waals surface area contributed by atoms with Gasteiger partial charge in [-0.2, -0.15) is 0 Å². The summed E-state index contributed by atoms with van der Waals surface area (Å²) >= 11 is 0. The van der Waals surface area contributed by atoms with Crippen molar-refractivity contribution in [2.45, 2.75) is 25.3 Å². The van der Waals surface area contributed by atoms with Gasteiger partial charge in [0.15, 0.2) is 0 Å². The first-order valence-electron chi connectivity index (χ1n) is 6.64. The number of nitrogens with zero attached hydrogens (tertiary/aromatic N) is 4. The van der Waals surface area contributed by atoms with Crippen LogP contribution in [0.3, 0.4) is 0 Å². The normalized spacial score (nSPS) is 24.7. The monoisotopic (exact) mass is 248 g/mol. The second-order valence-electron chi connectivity index (χ2n) is 5.04. The molecule has 1 unspecified atom stereocenters. The molecular formula is C12H20N6. The van der Waals surface area contributed by atoms with Crippen LogP contribution >= 0.6 is 0 Å². The minimum absolute atomic E-state index is 0.671. The Morgan fingerprint density at radius 3 is 2.83 bits per heavy atom. The number of anilines is 2. The molecule has 18 heavy (non-hydrogen) atoms. The molecule has 2 saturated heterocycles. The van der Waals surface area contributed by atoms with Crippen LogP contribution in [0, 0.1) is 0 Å². The lowest BCUT2D eigenvalue weighted by atomic mass is 10.2. The maximum absolute atomic E-state index is 5.38. The highest BCUT2D eigenvalue weighted by molar-refractivity contribution is 5.48. The molecule has 0 aromatic carbocycles. The van der Waals surface area contributed by atoms with Crippen molar-refractivity contribution in [3.63, 3.8) is 0 Å². The Bertz CT molecular complexity index is 403. The minimum atomic E-state index is 0.671. The molecule has 98 valence electrons. The average Bonchev–Trinajstić information content (AvgIpc) is 3.09. The van der Waals surface area contributed by atoms with E-state index in [1.807, 2.05) is 6.07 Å². The van der Waals surface area contributed by atoms with E-state index in [2.05, 4.69) is 25.2 Å². The van der Waals surface area contributed by atoms with Gasteiger partial charge in [0.25, 0.3) is 0 Å². The smallest absolute Gasteiger partial charge is 0.145 e. The highest BCUT2D eigenvalue weighted by atomic mass is 15.3. The summed E-state index contributed by atoms with van der Waals surface area (Å²) in [6.45, 7) is 4.67. The van der Waals surface area contributed by atoms with Crippen molar-refractivity contribution >= 4 is 11.6 Å². The van der Waals surface area contributed by atoms with Crippen LogP contribution in [0.1, 0.15) is 19.3 Å². The number of likely N-dealkylation sites (tertiary alicyclic amines) is 1. The van der Waals surface area contributed by atoms with Gasteiger partial charge >= 0.3 is 0 Å². The Morgan fingerprint density at radius 2 is 2.06 bits per heavy atom.